The summed E-state index contributed by atoms with van der Waals surface area (Å²) >= 11 is 3.46. The normalized spacial score (nSPS) is 12.4. The van der Waals surface area contributed by atoms with Crippen LogP contribution >= 0.6 is 15.9 Å². The Morgan fingerprint density at radius 1 is 1.19 bits per heavy atom. The maximum absolute atomic E-state index is 11.1. The lowest BCUT2D eigenvalue weighted by molar-refractivity contribution is -0.481. The van der Waals surface area contributed by atoms with E-state index in [9.17, 15) is 10.1 Å². The summed E-state index contributed by atoms with van der Waals surface area (Å²) in [4.78, 5) is 14.0. The fraction of sp³-hybridized carbons (Fsp3) is 0.125. The molecule has 0 aliphatic heterocycles. The number of aromatic amines is 1. The van der Waals surface area contributed by atoms with Gasteiger partial charge in [0.25, 0.3) is 0 Å². The molecule has 0 radical (unpaired) electrons. The van der Waals surface area contributed by atoms with Crippen LogP contribution in [0.2, 0.25) is 0 Å². The number of hydrogen-bond donors (Lipinski definition) is 1. The number of hydrogen-bond acceptors (Lipinski definition) is 2. The first-order valence-corrected chi connectivity index (χ1v) is 7.38. The summed E-state index contributed by atoms with van der Waals surface area (Å²) in [6.45, 7) is -0.122. The van der Waals surface area contributed by atoms with Crippen LogP contribution in [-0.4, -0.2) is 16.5 Å². The highest BCUT2D eigenvalue weighted by Crippen LogP contribution is 2.32. The van der Waals surface area contributed by atoms with Gasteiger partial charge in [-0.25, -0.2) is 0 Å². The molecule has 0 saturated carbocycles. The third-order valence-corrected chi connectivity index (χ3v) is 4.08. The number of benzene rings is 2. The smallest absolute Gasteiger partial charge is 0.214 e. The molecule has 5 heteroatoms. The summed E-state index contributed by atoms with van der Waals surface area (Å²) in [6, 6.07) is 15.5. The van der Waals surface area contributed by atoms with Crippen molar-refractivity contribution in [3.05, 3.63) is 80.4 Å². The Bertz CT molecular complexity index is 783. The van der Waals surface area contributed by atoms with E-state index in [2.05, 4.69) is 20.9 Å². The average Bonchev–Trinajstić information content (AvgIpc) is 2.88. The molecule has 0 amide bonds. The molecule has 0 saturated heterocycles. The van der Waals surface area contributed by atoms with Gasteiger partial charge in [0.05, 0.1) is 5.92 Å². The zero-order chi connectivity index (χ0) is 14.8. The fourth-order valence-corrected chi connectivity index (χ4v) is 2.98. The molecule has 0 bridgehead atoms. The van der Waals surface area contributed by atoms with Crippen LogP contribution in [0.15, 0.2) is 59.2 Å². The van der Waals surface area contributed by atoms with E-state index < -0.39 is 0 Å². The molecular weight excluding hydrogens is 332 g/mol. The van der Waals surface area contributed by atoms with Crippen LogP contribution in [0.5, 0.6) is 0 Å². The number of halogens is 1. The first-order chi connectivity index (χ1) is 10.1. The van der Waals surface area contributed by atoms with Crippen molar-refractivity contribution in [3.8, 4) is 0 Å². The Balaban J connectivity index is 2.14. The Labute approximate surface area is 130 Å². The number of fused-ring (bicyclic) bond motifs is 1. The molecule has 106 valence electrons. The van der Waals surface area contributed by atoms with Crippen molar-refractivity contribution < 1.29 is 4.92 Å². The van der Waals surface area contributed by atoms with Gasteiger partial charge in [-0.15, -0.1) is 0 Å². The van der Waals surface area contributed by atoms with E-state index in [1.807, 2.05) is 54.7 Å². The van der Waals surface area contributed by atoms with Crippen LogP contribution in [0.1, 0.15) is 17.0 Å². The van der Waals surface area contributed by atoms with Gasteiger partial charge in [0, 0.05) is 26.5 Å². The first kappa shape index (κ1) is 13.8. The monoisotopic (exact) mass is 344 g/mol. The zero-order valence-corrected chi connectivity index (χ0v) is 12.7. The number of aromatic nitrogens is 1. The molecule has 0 aliphatic rings. The molecule has 21 heavy (non-hydrogen) atoms. The lowest BCUT2D eigenvalue weighted by Gasteiger charge is -2.12. The maximum atomic E-state index is 11.1. The number of nitro groups is 1. The van der Waals surface area contributed by atoms with E-state index in [0.29, 0.717) is 0 Å². The van der Waals surface area contributed by atoms with Gasteiger partial charge in [-0.1, -0.05) is 46.3 Å². The van der Waals surface area contributed by atoms with Gasteiger partial charge < -0.3 is 4.98 Å². The van der Waals surface area contributed by atoms with Crippen molar-refractivity contribution in [2.75, 3.05) is 6.54 Å². The Hall–Kier alpha value is -2.14. The second-order valence-corrected chi connectivity index (χ2v) is 5.83. The highest BCUT2D eigenvalue weighted by Gasteiger charge is 2.23. The van der Waals surface area contributed by atoms with E-state index in [1.165, 1.54) is 0 Å². The molecule has 3 aromatic rings. The molecule has 0 unspecified atom stereocenters. The van der Waals surface area contributed by atoms with Gasteiger partial charge in [0.15, 0.2) is 0 Å². The van der Waals surface area contributed by atoms with E-state index in [0.717, 1.165) is 26.5 Å². The molecule has 0 aliphatic carbocycles. The number of nitrogens with one attached hydrogen (secondary N) is 1. The minimum absolute atomic E-state index is 0.122. The molecular formula is C16H13BrN2O2. The van der Waals surface area contributed by atoms with Gasteiger partial charge in [-0.3, -0.25) is 10.1 Å². The second-order valence-electron chi connectivity index (χ2n) is 4.91. The first-order valence-electron chi connectivity index (χ1n) is 6.58. The van der Waals surface area contributed by atoms with Crippen LogP contribution in [0.4, 0.5) is 0 Å². The summed E-state index contributed by atoms with van der Waals surface area (Å²) in [5.74, 6) is -0.260. The zero-order valence-electron chi connectivity index (χ0n) is 11.1. The predicted octanol–water partition coefficient (Wildman–Crippen LogP) is 4.34. The Morgan fingerprint density at radius 2 is 1.95 bits per heavy atom. The summed E-state index contributed by atoms with van der Waals surface area (Å²) in [5, 5.41) is 12.1. The molecule has 1 aromatic heterocycles. The summed E-state index contributed by atoms with van der Waals surface area (Å²) in [5.41, 5.74) is 2.89. The topological polar surface area (TPSA) is 58.9 Å². The van der Waals surface area contributed by atoms with Crippen molar-refractivity contribution in [3.63, 3.8) is 0 Å². The van der Waals surface area contributed by atoms with Crippen LogP contribution in [0.25, 0.3) is 10.9 Å². The van der Waals surface area contributed by atoms with Crippen LogP contribution < -0.4 is 0 Å². The van der Waals surface area contributed by atoms with Crippen LogP contribution in [0.3, 0.4) is 0 Å². The van der Waals surface area contributed by atoms with E-state index in [-0.39, 0.29) is 17.4 Å². The van der Waals surface area contributed by atoms with Crippen molar-refractivity contribution in [2.45, 2.75) is 5.92 Å². The molecule has 1 N–H and O–H groups in total. The molecule has 0 fully saturated rings. The van der Waals surface area contributed by atoms with Crippen LogP contribution in [0, 0.1) is 10.1 Å². The summed E-state index contributed by atoms with van der Waals surface area (Å²) < 4.78 is 0.962. The van der Waals surface area contributed by atoms with Gasteiger partial charge in [0.1, 0.15) is 0 Å². The largest absolute Gasteiger partial charge is 0.361 e. The SMILES string of the molecule is O=[N+]([O-])C[C@@H](c1ccccc1)c1c[nH]c2ccc(Br)cc12. The van der Waals surface area contributed by atoms with E-state index in [4.69, 9.17) is 0 Å². The van der Waals surface area contributed by atoms with E-state index in [1.54, 1.807) is 0 Å². The van der Waals surface area contributed by atoms with Gasteiger partial charge in [-0.2, -0.15) is 0 Å². The lowest BCUT2D eigenvalue weighted by atomic mass is 9.91. The number of H-pyrrole nitrogens is 1. The Morgan fingerprint density at radius 3 is 2.67 bits per heavy atom. The number of nitrogens with zero attached hydrogens (tertiary/aromatic N) is 1. The van der Waals surface area contributed by atoms with E-state index >= 15 is 0 Å². The van der Waals surface area contributed by atoms with Crippen LogP contribution in [-0.2, 0) is 0 Å². The molecule has 1 atom stereocenters. The third kappa shape index (κ3) is 2.83. The highest BCUT2D eigenvalue weighted by atomic mass is 79.9. The minimum atomic E-state index is -0.260. The summed E-state index contributed by atoms with van der Waals surface area (Å²) in [7, 11) is 0. The number of rotatable bonds is 4. The van der Waals surface area contributed by atoms with Crippen molar-refractivity contribution >= 4 is 26.8 Å². The van der Waals surface area contributed by atoms with Gasteiger partial charge in [-0.05, 0) is 29.3 Å². The second kappa shape index (κ2) is 5.69. The lowest BCUT2D eigenvalue weighted by Crippen LogP contribution is -2.13. The Kier molecular flexibility index (Phi) is 3.75. The molecule has 3 rings (SSSR count). The fourth-order valence-electron chi connectivity index (χ4n) is 2.62. The average molecular weight is 345 g/mol. The standard InChI is InChI=1S/C16H13BrN2O2/c17-12-6-7-16-13(8-12)14(9-18-16)15(10-19(20)21)11-4-2-1-3-5-11/h1-9,15,18H,10H2/t15-/m0/s1. The molecule has 4 nitrogen and oxygen atoms in total. The third-order valence-electron chi connectivity index (χ3n) is 3.58. The highest BCUT2D eigenvalue weighted by molar-refractivity contribution is 9.10. The van der Waals surface area contributed by atoms with Gasteiger partial charge in [0.2, 0.25) is 6.54 Å². The quantitative estimate of drug-likeness (QED) is 0.565. The molecule has 2 aromatic carbocycles. The van der Waals surface area contributed by atoms with Crippen molar-refractivity contribution in [1.82, 2.24) is 4.98 Å². The predicted molar refractivity (Wildman–Crippen MR) is 86.1 cm³/mol. The van der Waals surface area contributed by atoms with Gasteiger partial charge >= 0.3 is 0 Å². The molecule has 0 spiro atoms. The molecule has 1 heterocycles. The summed E-state index contributed by atoms with van der Waals surface area (Å²) in [6.07, 6.45) is 1.87. The van der Waals surface area contributed by atoms with Crippen molar-refractivity contribution in [1.29, 1.82) is 0 Å². The van der Waals surface area contributed by atoms with Crippen molar-refractivity contribution in [2.24, 2.45) is 0 Å². The maximum Gasteiger partial charge on any atom is 0.214 e. The minimum Gasteiger partial charge on any atom is -0.361 e.